The largest absolute Gasteiger partial charge is 0.324 e. The van der Waals surface area contributed by atoms with Gasteiger partial charge >= 0.3 is 0 Å². The lowest BCUT2D eigenvalue weighted by Crippen LogP contribution is -2.19. The van der Waals surface area contributed by atoms with Crippen LogP contribution in [0.1, 0.15) is 0 Å². The third kappa shape index (κ3) is 3.39. The van der Waals surface area contributed by atoms with Crippen molar-refractivity contribution in [2.24, 2.45) is 0 Å². The van der Waals surface area contributed by atoms with E-state index in [1.165, 1.54) is 28.9 Å². The number of hydrogen-bond donors (Lipinski definition) is 1. The zero-order valence-corrected chi connectivity index (χ0v) is 12.2. The number of aromatic nitrogens is 2. The molecule has 18 heavy (non-hydrogen) atoms. The first kappa shape index (κ1) is 13.2. The van der Waals surface area contributed by atoms with Crippen molar-refractivity contribution in [2.45, 2.75) is 6.54 Å². The Hall–Kier alpha value is -1.21. The molecule has 0 saturated carbocycles. The van der Waals surface area contributed by atoms with Gasteiger partial charge in [0.25, 0.3) is 0 Å². The molecule has 0 aliphatic heterocycles. The van der Waals surface area contributed by atoms with E-state index in [0.29, 0.717) is 14.9 Å². The van der Waals surface area contributed by atoms with Gasteiger partial charge in [0.1, 0.15) is 21.6 Å². The van der Waals surface area contributed by atoms with Gasteiger partial charge in [-0.05, 0) is 56.1 Å². The van der Waals surface area contributed by atoms with E-state index < -0.39 is 0 Å². The standard InChI is InChI=1S/C11H8Br2FN3O/c12-9-5-10(13)17(16-9)6-11(18)15-8-3-1-7(14)2-4-8/h1-5H,6H2,(H,15,18). The van der Waals surface area contributed by atoms with Gasteiger partial charge in [-0.15, -0.1) is 0 Å². The second kappa shape index (κ2) is 5.62. The Morgan fingerprint density at radius 1 is 1.33 bits per heavy atom. The number of nitrogens with one attached hydrogen (secondary N) is 1. The third-order valence-corrected chi connectivity index (χ3v) is 3.15. The number of carbonyl (C=O) groups is 1. The number of nitrogens with zero attached hydrogens (tertiary/aromatic N) is 2. The molecule has 1 heterocycles. The highest BCUT2D eigenvalue weighted by Crippen LogP contribution is 2.16. The number of benzene rings is 1. The molecule has 4 nitrogen and oxygen atoms in total. The first-order valence-electron chi connectivity index (χ1n) is 4.99. The maximum atomic E-state index is 12.7. The van der Waals surface area contributed by atoms with Crippen molar-refractivity contribution in [1.29, 1.82) is 0 Å². The minimum absolute atomic E-state index is 0.0730. The molecule has 1 amide bonds. The number of anilines is 1. The monoisotopic (exact) mass is 375 g/mol. The fourth-order valence-corrected chi connectivity index (χ4v) is 2.48. The van der Waals surface area contributed by atoms with E-state index in [0.717, 1.165) is 0 Å². The lowest BCUT2D eigenvalue weighted by atomic mass is 10.3. The Balaban J connectivity index is 2.01. The van der Waals surface area contributed by atoms with Gasteiger partial charge in [-0.1, -0.05) is 0 Å². The van der Waals surface area contributed by atoms with E-state index in [4.69, 9.17) is 0 Å². The fourth-order valence-electron chi connectivity index (χ4n) is 1.35. The topological polar surface area (TPSA) is 46.9 Å². The van der Waals surface area contributed by atoms with Crippen molar-refractivity contribution < 1.29 is 9.18 Å². The van der Waals surface area contributed by atoms with Crippen molar-refractivity contribution in [1.82, 2.24) is 9.78 Å². The molecule has 1 aromatic heterocycles. The SMILES string of the molecule is O=C(Cn1nc(Br)cc1Br)Nc1ccc(F)cc1. The zero-order valence-electron chi connectivity index (χ0n) is 9.03. The van der Waals surface area contributed by atoms with Gasteiger partial charge in [0.15, 0.2) is 0 Å². The number of carbonyl (C=O) groups excluding carboxylic acids is 1. The maximum absolute atomic E-state index is 12.7. The van der Waals surface area contributed by atoms with Gasteiger partial charge in [0, 0.05) is 11.8 Å². The van der Waals surface area contributed by atoms with Crippen LogP contribution < -0.4 is 5.32 Å². The summed E-state index contributed by atoms with van der Waals surface area (Å²) in [6.07, 6.45) is 0. The van der Waals surface area contributed by atoms with Crippen LogP contribution in [0.4, 0.5) is 10.1 Å². The Morgan fingerprint density at radius 2 is 2.00 bits per heavy atom. The molecule has 0 saturated heterocycles. The van der Waals surface area contributed by atoms with Gasteiger partial charge in [-0.2, -0.15) is 5.10 Å². The molecule has 0 aliphatic carbocycles. The highest BCUT2D eigenvalue weighted by Gasteiger charge is 2.08. The Bertz CT molecular complexity index is 568. The molecule has 7 heteroatoms. The van der Waals surface area contributed by atoms with Crippen LogP contribution in [0.2, 0.25) is 0 Å². The van der Waals surface area contributed by atoms with Crippen LogP contribution in [0.25, 0.3) is 0 Å². The van der Waals surface area contributed by atoms with Crippen molar-refractivity contribution in [2.75, 3.05) is 5.32 Å². The summed E-state index contributed by atoms with van der Waals surface area (Å²) >= 11 is 6.49. The van der Waals surface area contributed by atoms with Crippen LogP contribution in [0.15, 0.2) is 39.5 Å². The molecule has 0 radical (unpaired) electrons. The molecule has 1 N–H and O–H groups in total. The Labute approximate surface area is 119 Å². The second-order valence-electron chi connectivity index (χ2n) is 3.50. The second-order valence-corrected chi connectivity index (χ2v) is 5.13. The summed E-state index contributed by atoms with van der Waals surface area (Å²) in [6, 6.07) is 7.32. The van der Waals surface area contributed by atoms with E-state index in [9.17, 15) is 9.18 Å². The van der Waals surface area contributed by atoms with E-state index in [1.54, 1.807) is 6.07 Å². The molecule has 0 spiro atoms. The molecule has 2 rings (SSSR count). The van der Waals surface area contributed by atoms with Crippen molar-refractivity contribution in [3.05, 3.63) is 45.4 Å². The number of hydrogen-bond acceptors (Lipinski definition) is 2. The van der Waals surface area contributed by atoms with Crippen LogP contribution >= 0.6 is 31.9 Å². The third-order valence-electron chi connectivity index (χ3n) is 2.12. The van der Waals surface area contributed by atoms with Crippen molar-refractivity contribution >= 4 is 43.5 Å². The molecule has 0 aliphatic rings. The van der Waals surface area contributed by atoms with Crippen LogP contribution in [0, 0.1) is 5.82 Å². The Kier molecular flexibility index (Phi) is 4.13. The van der Waals surface area contributed by atoms with E-state index >= 15 is 0 Å². The average molecular weight is 377 g/mol. The first-order chi connectivity index (χ1) is 8.54. The van der Waals surface area contributed by atoms with Gasteiger partial charge in [0.2, 0.25) is 5.91 Å². The highest BCUT2D eigenvalue weighted by atomic mass is 79.9. The number of halogens is 3. The summed E-state index contributed by atoms with van der Waals surface area (Å²) in [5, 5.41) is 6.72. The number of rotatable bonds is 3. The van der Waals surface area contributed by atoms with Gasteiger partial charge < -0.3 is 5.32 Å². The van der Waals surface area contributed by atoms with Crippen LogP contribution in [-0.2, 0) is 11.3 Å². The minimum atomic E-state index is -0.341. The van der Waals surface area contributed by atoms with Crippen LogP contribution in [-0.4, -0.2) is 15.7 Å². The summed E-state index contributed by atoms with van der Waals surface area (Å²) < 4.78 is 15.5. The van der Waals surface area contributed by atoms with E-state index in [2.05, 4.69) is 42.3 Å². The summed E-state index contributed by atoms with van der Waals surface area (Å²) in [6.45, 7) is 0.0730. The summed E-state index contributed by atoms with van der Waals surface area (Å²) in [5.74, 6) is -0.579. The normalized spacial score (nSPS) is 10.4. The van der Waals surface area contributed by atoms with Gasteiger partial charge in [-0.3, -0.25) is 4.79 Å². The predicted octanol–water partition coefficient (Wildman–Crippen LogP) is 3.19. The smallest absolute Gasteiger partial charge is 0.246 e. The molecular formula is C11H8Br2FN3O. The summed E-state index contributed by atoms with van der Waals surface area (Å²) in [5.41, 5.74) is 0.545. The van der Waals surface area contributed by atoms with E-state index in [-0.39, 0.29) is 18.3 Å². The molecular weight excluding hydrogens is 369 g/mol. The quantitative estimate of drug-likeness (QED) is 0.894. The van der Waals surface area contributed by atoms with Gasteiger partial charge in [0.05, 0.1) is 0 Å². The lowest BCUT2D eigenvalue weighted by Gasteiger charge is -2.06. The molecule has 2 aromatic rings. The van der Waals surface area contributed by atoms with Crippen LogP contribution in [0.5, 0.6) is 0 Å². The summed E-state index contributed by atoms with van der Waals surface area (Å²) in [4.78, 5) is 11.7. The highest BCUT2D eigenvalue weighted by molar-refractivity contribution is 9.11. The van der Waals surface area contributed by atoms with E-state index in [1.807, 2.05) is 0 Å². The fraction of sp³-hybridized carbons (Fsp3) is 0.0909. The molecule has 0 bridgehead atoms. The number of amides is 1. The molecule has 0 fully saturated rings. The lowest BCUT2D eigenvalue weighted by molar-refractivity contribution is -0.116. The maximum Gasteiger partial charge on any atom is 0.246 e. The minimum Gasteiger partial charge on any atom is -0.324 e. The van der Waals surface area contributed by atoms with Gasteiger partial charge in [-0.25, -0.2) is 9.07 Å². The summed E-state index contributed by atoms with van der Waals surface area (Å²) in [7, 11) is 0. The molecule has 0 atom stereocenters. The van der Waals surface area contributed by atoms with Crippen LogP contribution in [0.3, 0.4) is 0 Å². The van der Waals surface area contributed by atoms with Crippen molar-refractivity contribution in [3.63, 3.8) is 0 Å². The zero-order chi connectivity index (χ0) is 13.1. The predicted molar refractivity (Wildman–Crippen MR) is 72.7 cm³/mol. The molecule has 94 valence electrons. The van der Waals surface area contributed by atoms with Crippen molar-refractivity contribution in [3.8, 4) is 0 Å². The molecule has 1 aromatic carbocycles. The molecule has 0 unspecified atom stereocenters. The first-order valence-corrected chi connectivity index (χ1v) is 6.57. The average Bonchev–Trinajstić information content (AvgIpc) is 2.61. The Morgan fingerprint density at radius 3 is 2.56 bits per heavy atom.